The zero-order valence-electron chi connectivity index (χ0n) is 7.59. The van der Waals surface area contributed by atoms with E-state index in [9.17, 15) is 4.39 Å². The van der Waals surface area contributed by atoms with E-state index in [0.717, 1.165) is 18.4 Å². The van der Waals surface area contributed by atoms with Crippen LogP contribution in [0.4, 0.5) is 4.39 Å². The minimum atomic E-state index is -0.231. The van der Waals surface area contributed by atoms with Crippen molar-refractivity contribution in [3.05, 3.63) is 34.1 Å². The number of nitrogens with two attached hydrogens (primary N) is 1. The van der Waals surface area contributed by atoms with Crippen molar-refractivity contribution in [1.29, 1.82) is 0 Å². The first-order valence-corrected chi connectivity index (χ1v) is 5.25. The molecule has 0 amide bonds. The molecular weight excluding hydrogens is 249 g/mol. The average Bonchev–Trinajstić information content (AvgIpc) is 2.91. The fourth-order valence-electron chi connectivity index (χ4n) is 1.72. The quantitative estimate of drug-likeness (QED) is 0.847. The summed E-state index contributed by atoms with van der Waals surface area (Å²) in [6.07, 6.45) is 2.01. The Labute approximate surface area is 90.3 Å². The van der Waals surface area contributed by atoms with Crippen molar-refractivity contribution < 1.29 is 9.23 Å². The van der Waals surface area contributed by atoms with Crippen LogP contribution in [0.2, 0.25) is 0 Å². The van der Waals surface area contributed by atoms with Crippen LogP contribution in [-0.4, -0.2) is 6.61 Å². The summed E-state index contributed by atoms with van der Waals surface area (Å²) in [6.45, 7) is 0.453. The summed E-state index contributed by atoms with van der Waals surface area (Å²) in [7, 11) is 0. The first-order chi connectivity index (χ1) is 6.69. The summed E-state index contributed by atoms with van der Waals surface area (Å²) in [4.78, 5) is 4.68. The Bertz CT molecular complexity index is 352. The molecule has 1 aliphatic carbocycles. The van der Waals surface area contributed by atoms with Gasteiger partial charge in [-0.15, -0.1) is 0 Å². The van der Waals surface area contributed by atoms with Gasteiger partial charge in [-0.25, -0.2) is 10.3 Å². The van der Waals surface area contributed by atoms with Crippen LogP contribution in [-0.2, 0) is 10.3 Å². The van der Waals surface area contributed by atoms with Crippen LogP contribution in [0.5, 0.6) is 0 Å². The smallest absolute Gasteiger partial charge is 0.137 e. The maximum atomic E-state index is 13.3. The lowest BCUT2D eigenvalue weighted by molar-refractivity contribution is 0.116. The third-order valence-corrected chi connectivity index (χ3v) is 3.54. The molecule has 0 saturated heterocycles. The van der Waals surface area contributed by atoms with E-state index in [0.29, 0.717) is 11.1 Å². The molecular formula is C10H11BrFNO. The molecule has 0 bridgehead atoms. The summed E-state index contributed by atoms with van der Waals surface area (Å²) < 4.78 is 13.8. The fraction of sp³-hybridized carbons (Fsp3) is 0.400. The van der Waals surface area contributed by atoms with Gasteiger partial charge in [0.25, 0.3) is 0 Å². The van der Waals surface area contributed by atoms with Gasteiger partial charge in [-0.2, -0.15) is 0 Å². The zero-order valence-corrected chi connectivity index (χ0v) is 9.18. The molecule has 0 radical (unpaired) electrons. The Morgan fingerprint density at radius 2 is 2.21 bits per heavy atom. The molecule has 2 N–H and O–H groups in total. The third-order valence-electron chi connectivity index (χ3n) is 2.74. The molecule has 2 nitrogen and oxygen atoms in total. The highest BCUT2D eigenvalue weighted by molar-refractivity contribution is 9.10. The van der Waals surface area contributed by atoms with Crippen LogP contribution in [0.25, 0.3) is 0 Å². The SMILES string of the molecule is NOCC1(c2cccc(F)c2Br)CC1. The van der Waals surface area contributed by atoms with Crippen LogP contribution < -0.4 is 5.90 Å². The van der Waals surface area contributed by atoms with Crippen LogP contribution in [0.1, 0.15) is 18.4 Å². The number of benzene rings is 1. The lowest BCUT2D eigenvalue weighted by Crippen LogP contribution is -2.18. The zero-order chi connectivity index (χ0) is 10.2. The molecule has 76 valence electrons. The van der Waals surface area contributed by atoms with Crippen molar-refractivity contribution in [2.45, 2.75) is 18.3 Å². The second kappa shape index (κ2) is 3.61. The van der Waals surface area contributed by atoms with Gasteiger partial charge in [-0.3, -0.25) is 0 Å². The van der Waals surface area contributed by atoms with E-state index in [4.69, 9.17) is 5.90 Å². The minimum absolute atomic E-state index is 0.0598. The summed E-state index contributed by atoms with van der Waals surface area (Å²) >= 11 is 3.25. The topological polar surface area (TPSA) is 35.2 Å². The summed E-state index contributed by atoms with van der Waals surface area (Å²) in [5, 5.41) is 0. The van der Waals surface area contributed by atoms with Gasteiger partial charge >= 0.3 is 0 Å². The highest BCUT2D eigenvalue weighted by Crippen LogP contribution is 2.50. The first kappa shape index (κ1) is 10.1. The maximum absolute atomic E-state index is 13.3. The molecule has 0 aliphatic heterocycles. The monoisotopic (exact) mass is 259 g/mol. The van der Waals surface area contributed by atoms with Crippen molar-refractivity contribution in [2.24, 2.45) is 5.90 Å². The lowest BCUT2D eigenvalue weighted by Gasteiger charge is -2.15. The van der Waals surface area contributed by atoms with E-state index in [1.54, 1.807) is 6.07 Å². The minimum Gasteiger partial charge on any atom is -0.304 e. The standard InChI is InChI=1S/C10H11BrFNO/c11-9-7(2-1-3-8(9)12)10(4-5-10)6-14-13/h1-3H,4-6,13H2. The first-order valence-electron chi connectivity index (χ1n) is 4.46. The molecule has 0 atom stereocenters. The highest BCUT2D eigenvalue weighted by Gasteiger charge is 2.46. The van der Waals surface area contributed by atoms with Crippen molar-refractivity contribution in [1.82, 2.24) is 0 Å². The molecule has 0 aromatic heterocycles. The van der Waals surface area contributed by atoms with Crippen LogP contribution in [0.15, 0.2) is 22.7 Å². The Balaban J connectivity index is 2.37. The summed E-state index contributed by atoms with van der Waals surface area (Å²) in [6, 6.07) is 5.07. The normalized spacial score (nSPS) is 18.2. The predicted octanol–water partition coefficient (Wildman–Crippen LogP) is 2.51. The molecule has 1 aromatic rings. The Hall–Kier alpha value is -0.450. The summed E-state index contributed by atoms with van der Waals surface area (Å²) in [5.74, 6) is 4.84. The van der Waals surface area contributed by atoms with Gasteiger partial charge in [0.2, 0.25) is 0 Å². The second-order valence-electron chi connectivity index (χ2n) is 3.69. The lowest BCUT2D eigenvalue weighted by atomic mass is 9.97. The van der Waals surface area contributed by atoms with Crippen LogP contribution in [0, 0.1) is 5.82 Å². The second-order valence-corrected chi connectivity index (χ2v) is 4.49. The third kappa shape index (κ3) is 1.58. The van der Waals surface area contributed by atoms with Gasteiger partial charge in [0.1, 0.15) is 5.82 Å². The molecule has 0 unspecified atom stereocenters. The molecule has 1 saturated carbocycles. The van der Waals surface area contributed by atoms with E-state index < -0.39 is 0 Å². The van der Waals surface area contributed by atoms with Gasteiger partial charge in [-0.1, -0.05) is 12.1 Å². The molecule has 0 heterocycles. The highest BCUT2D eigenvalue weighted by atomic mass is 79.9. The van der Waals surface area contributed by atoms with Gasteiger partial charge in [-0.05, 0) is 40.4 Å². The average molecular weight is 260 g/mol. The van der Waals surface area contributed by atoms with Gasteiger partial charge in [0, 0.05) is 5.41 Å². The fourth-order valence-corrected chi connectivity index (χ4v) is 2.40. The predicted molar refractivity (Wildman–Crippen MR) is 55.2 cm³/mol. The van der Waals surface area contributed by atoms with Gasteiger partial charge in [0.15, 0.2) is 0 Å². The van der Waals surface area contributed by atoms with Crippen LogP contribution in [0.3, 0.4) is 0 Å². The number of hydrogen-bond donors (Lipinski definition) is 1. The Morgan fingerprint density at radius 3 is 2.79 bits per heavy atom. The molecule has 2 rings (SSSR count). The molecule has 0 spiro atoms. The van der Waals surface area contributed by atoms with E-state index in [2.05, 4.69) is 20.8 Å². The van der Waals surface area contributed by atoms with E-state index >= 15 is 0 Å². The van der Waals surface area contributed by atoms with E-state index in [-0.39, 0.29) is 11.2 Å². The van der Waals surface area contributed by atoms with Crippen LogP contribution >= 0.6 is 15.9 Å². The van der Waals surface area contributed by atoms with Gasteiger partial charge in [0.05, 0.1) is 11.1 Å². The van der Waals surface area contributed by atoms with Crippen molar-refractivity contribution in [3.8, 4) is 0 Å². The summed E-state index contributed by atoms with van der Waals surface area (Å²) in [5.41, 5.74) is 0.901. The molecule has 1 aromatic carbocycles. The molecule has 4 heteroatoms. The number of rotatable bonds is 3. The Kier molecular flexibility index (Phi) is 2.60. The van der Waals surface area contributed by atoms with E-state index in [1.165, 1.54) is 6.07 Å². The number of halogens is 2. The molecule has 14 heavy (non-hydrogen) atoms. The van der Waals surface area contributed by atoms with Crippen molar-refractivity contribution in [2.75, 3.05) is 6.61 Å². The van der Waals surface area contributed by atoms with Crippen molar-refractivity contribution in [3.63, 3.8) is 0 Å². The number of hydrogen-bond acceptors (Lipinski definition) is 2. The van der Waals surface area contributed by atoms with Crippen molar-refractivity contribution >= 4 is 15.9 Å². The Morgan fingerprint density at radius 1 is 1.50 bits per heavy atom. The van der Waals surface area contributed by atoms with E-state index in [1.807, 2.05) is 6.07 Å². The maximum Gasteiger partial charge on any atom is 0.137 e. The molecule has 1 fully saturated rings. The van der Waals surface area contributed by atoms with Gasteiger partial charge < -0.3 is 4.84 Å². The largest absolute Gasteiger partial charge is 0.304 e. The molecule has 1 aliphatic rings.